The predicted octanol–water partition coefficient (Wildman–Crippen LogP) is 9.65. The summed E-state index contributed by atoms with van der Waals surface area (Å²) < 4.78 is 0. The molecular formula is C43H30N6. The molecule has 49 heavy (non-hydrogen) atoms. The summed E-state index contributed by atoms with van der Waals surface area (Å²) in [6.07, 6.45) is 7.75. The first-order valence-corrected chi connectivity index (χ1v) is 16.5. The lowest BCUT2D eigenvalue weighted by Gasteiger charge is -2.12. The Morgan fingerprint density at radius 3 is 1.06 bits per heavy atom. The van der Waals surface area contributed by atoms with E-state index < -0.39 is 0 Å². The summed E-state index contributed by atoms with van der Waals surface area (Å²) in [6, 6.07) is 47.0. The molecule has 2 aromatic heterocycles. The van der Waals surface area contributed by atoms with Crippen LogP contribution in [0.5, 0.6) is 0 Å². The Balaban J connectivity index is 1.03. The third-order valence-corrected chi connectivity index (χ3v) is 9.12. The molecule has 0 saturated heterocycles. The molecule has 2 unspecified atom stereocenters. The van der Waals surface area contributed by atoms with Crippen LogP contribution in [0.2, 0.25) is 0 Å². The average Bonchev–Trinajstić information content (AvgIpc) is 3.99. The van der Waals surface area contributed by atoms with Gasteiger partial charge in [-0.05, 0) is 29.4 Å². The van der Waals surface area contributed by atoms with Crippen molar-refractivity contribution < 1.29 is 0 Å². The highest BCUT2D eigenvalue weighted by Gasteiger charge is 2.41. The molecule has 2 aliphatic rings. The maximum atomic E-state index is 4.99. The number of fused-ring (bicyclic) bond motifs is 1. The summed E-state index contributed by atoms with van der Waals surface area (Å²) in [5, 5.41) is 0. The van der Waals surface area contributed by atoms with Gasteiger partial charge in [-0.3, -0.25) is 0 Å². The van der Waals surface area contributed by atoms with Crippen LogP contribution in [-0.2, 0) is 0 Å². The molecular weight excluding hydrogens is 601 g/mol. The molecule has 0 bridgehead atoms. The molecule has 6 nitrogen and oxygen atoms in total. The zero-order valence-electron chi connectivity index (χ0n) is 26.6. The molecule has 2 atom stereocenters. The first-order valence-electron chi connectivity index (χ1n) is 16.5. The zero-order valence-corrected chi connectivity index (χ0v) is 26.6. The molecule has 232 valence electrons. The minimum atomic E-state index is 0.502. The van der Waals surface area contributed by atoms with E-state index in [2.05, 4.69) is 66.8 Å². The van der Waals surface area contributed by atoms with Gasteiger partial charge in [0.1, 0.15) is 0 Å². The van der Waals surface area contributed by atoms with Gasteiger partial charge >= 0.3 is 0 Å². The molecule has 1 fully saturated rings. The SMILES string of the molecule is C1=CC2CC2C(c2nc(-c3ccccc3)nc(-c3ccc(-c4ccc(-c5nc(-c6ccccc6)nc(-c6ccccc6)n5)cc4)cc3)n2)=C1. The van der Waals surface area contributed by atoms with Gasteiger partial charge in [-0.15, -0.1) is 0 Å². The second kappa shape index (κ2) is 12.3. The average molecular weight is 631 g/mol. The summed E-state index contributed by atoms with van der Waals surface area (Å²) in [5.74, 6) is 5.17. The highest BCUT2D eigenvalue weighted by molar-refractivity contribution is 5.74. The van der Waals surface area contributed by atoms with Gasteiger partial charge in [0.15, 0.2) is 34.9 Å². The molecule has 0 amide bonds. The smallest absolute Gasteiger partial charge is 0.164 e. The fraction of sp³-hybridized carbons (Fsp3) is 0.0698. The van der Waals surface area contributed by atoms with Crippen molar-refractivity contribution in [2.75, 3.05) is 0 Å². The Labute approximate surface area is 284 Å². The van der Waals surface area contributed by atoms with E-state index in [-0.39, 0.29) is 0 Å². The largest absolute Gasteiger partial charge is 0.209 e. The minimum absolute atomic E-state index is 0.502. The Morgan fingerprint density at radius 1 is 0.347 bits per heavy atom. The number of hydrogen-bond acceptors (Lipinski definition) is 6. The van der Waals surface area contributed by atoms with Crippen molar-refractivity contribution in [3.63, 3.8) is 0 Å². The van der Waals surface area contributed by atoms with Crippen molar-refractivity contribution in [1.29, 1.82) is 0 Å². The monoisotopic (exact) mass is 630 g/mol. The van der Waals surface area contributed by atoms with E-state index >= 15 is 0 Å². The third kappa shape index (κ3) is 5.85. The van der Waals surface area contributed by atoms with Crippen molar-refractivity contribution in [1.82, 2.24) is 29.9 Å². The third-order valence-electron chi connectivity index (χ3n) is 9.12. The van der Waals surface area contributed by atoms with Crippen LogP contribution in [0.3, 0.4) is 0 Å². The van der Waals surface area contributed by atoms with Crippen LogP contribution in [0.15, 0.2) is 158 Å². The van der Waals surface area contributed by atoms with Crippen LogP contribution in [0.25, 0.3) is 73.6 Å². The van der Waals surface area contributed by atoms with Crippen molar-refractivity contribution in [3.8, 4) is 68.1 Å². The minimum Gasteiger partial charge on any atom is -0.209 e. The lowest BCUT2D eigenvalue weighted by atomic mass is 10.0. The highest BCUT2D eigenvalue weighted by atomic mass is 15.0. The molecule has 0 aliphatic heterocycles. The van der Waals surface area contributed by atoms with Gasteiger partial charge in [-0.1, -0.05) is 158 Å². The van der Waals surface area contributed by atoms with Crippen LogP contribution in [0.1, 0.15) is 12.2 Å². The fourth-order valence-corrected chi connectivity index (χ4v) is 6.36. The molecule has 0 spiro atoms. The number of rotatable bonds is 7. The standard InChI is InChI=1S/C43H30N6/c1-4-11-30(12-5-1)38-44-39(31-13-6-2-7-14-31)46-41(45-38)33-23-19-28(20-24-33)29-21-25-34(26-22-29)42-47-40(32-15-8-3-9-16-32)48-43(49-42)36-18-10-17-35-27-37(35)36/h1-26,35,37H,27H2. The highest BCUT2D eigenvalue weighted by Crippen LogP contribution is 2.50. The van der Waals surface area contributed by atoms with Crippen molar-refractivity contribution in [2.24, 2.45) is 11.8 Å². The number of benzene rings is 5. The van der Waals surface area contributed by atoms with Crippen LogP contribution in [0, 0.1) is 11.8 Å². The Kier molecular flexibility index (Phi) is 7.24. The summed E-state index contributed by atoms with van der Waals surface area (Å²) in [5.41, 5.74) is 8.15. The second-order valence-electron chi connectivity index (χ2n) is 12.4. The fourth-order valence-electron chi connectivity index (χ4n) is 6.36. The van der Waals surface area contributed by atoms with Gasteiger partial charge in [-0.2, -0.15) is 0 Å². The molecule has 1 saturated carbocycles. The van der Waals surface area contributed by atoms with Crippen molar-refractivity contribution in [2.45, 2.75) is 6.42 Å². The van der Waals surface area contributed by atoms with Gasteiger partial charge in [0.05, 0.1) is 0 Å². The summed E-state index contributed by atoms with van der Waals surface area (Å²) in [7, 11) is 0. The lowest BCUT2D eigenvalue weighted by Crippen LogP contribution is -2.05. The van der Waals surface area contributed by atoms with E-state index in [4.69, 9.17) is 29.9 Å². The van der Waals surface area contributed by atoms with Crippen molar-refractivity contribution in [3.05, 3.63) is 164 Å². The Bertz CT molecular complexity index is 2280. The molecule has 2 heterocycles. The maximum absolute atomic E-state index is 4.99. The van der Waals surface area contributed by atoms with Crippen LogP contribution >= 0.6 is 0 Å². The zero-order chi connectivity index (χ0) is 32.6. The van der Waals surface area contributed by atoms with Gasteiger partial charge in [0.25, 0.3) is 0 Å². The number of allylic oxidation sites excluding steroid dienone is 4. The van der Waals surface area contributed by atoms with Crippen molar-refractivity contribution >= 4 is 5.57 Å². The van der Waals surface area contributed by atoms with Gasteiger partial charge in [-0.25, -0.2) is 29.9 Å². The molecule has 0 N–H and O–H groups in total. The lowest BCUT2D eigenvalue weighted by molar-refractivity contribution is 0.949. The molecule has 9 rings (SSSR count). The van der Waals surface area contributed by atoms with E-state index in [0.29, 0.717) is 41.0 Å². The van der Waals surface area contributed by atoms with E-state index in [1.165, 1.54) is 5.57 Å². The van der Waals surface area contributed by atoms with E-state index in [1.54, 1.807) is 0 Å². The summed E-state index contributed by atoms with van der Waals surface area (Å²) in [6.45, 7) is 0. The topological polar surface area (TPSA) is 77.3 Å². The van der Waals surface area contributed by atoms with Gasteiger partial charge in [0.2, 0.25) is 0 Å². The Hall–Kier alpha value is -6.40. The van der Waals surface area contributed by atoms with Gasteiger partial charge < -0.3 is 0 Å². The van der Waals surface area contributed by atoms with Crippen LogP contribution in [0.4, 0.5) is 0 Å². The summed E-state index contributed by atoms with van der Waals surface area (Å²) >= 11 is 0. The number of nitrogens with zero attached hydrogens (tertiary/aromatic N) is 6. The Morgan fingerprint density at radius 2 is 0.673 bits per heavy atom. The first-order chi connectivity index (χ1) is 24.2. The van der Waals surface area contributed by atoms with Crippen LogP contribution < -0.4 is 0 Å². The number of hydrogen-bond donors (Lipinski definition) is 0. The van der Waals surface area contributed by atoms with Crippen LogP contribution in [-0.4, -0.2) is 29.9 Å². The second-order valence-corrected chi connectivity index (χ2v) is 12.4. The number of aromatic nitrogens is 6. The summed E-state index contributed by atoms with van der Waals surface area (Å²) in [4.78, 5) is 29.4. The molecule has 0 radical (unpaired) electrons. The normalized spacial score (nSPS) is 16.1. The maximum Gasteiger partial charge on any atom is 0.164 e. The molecule has 5 aromatic carbocycles. The predicted molar refractivity (Wildman–Crippen MR) is 195 cm³/mol. The quantitative estimate of drug-likeness (QED) is 0.175. The molecule has 6 heteroatoms. The molecule has 7 aromatic rings. The first kappa shape index (κ1) is 28.8. The van der Waals surface area contributed by atoms with E-state index in [1.807, 2.05) is 91.0 Å². The molecule has 2 aliphatic carbocycles. The van der Waals surface area contributed by atoms with Gasteiger partial charge in [0, 0.05) is 33.4 Å². The van der Waals surface area contributed by atoms with E-state index in [0.717, 1.165) is 51.2 Å². The van der Waals surface area contributed by atoms with E-state index in [9.17, 15) is 0 Å².